The van der Waals surface area contributed by atoms with E-state index < -0.39 is 0 Å². The summed E-state index contributed by atoms with van der Waals surface area (Å²) in [6.07, 6.45) is 1.48. The maximum absolute atomic E-state index is 5.43. The standard InChI is InChI=1S/C20H18N4O2/c1-13-6-3-4-9-16(13)18-17-19(22-12-23-20(17)26-24-18)21-11-14-7-5-8-15(10-14)25-2/h3-10,12H,11H2,1-2H3,(H,21,22,23). The average Bonchev–Trinajstić information content (AvgIpc) is 3.11. The molecule has 0 saturated carbocycles. The van der Waals surface area contributed by atoms with Gasteiger partial charge < -0.3 is 14.6 Å². The Morgan fingerprint density at radius 1 is 1.08 bits per heavy atom. The summed E-state index contributed by atoms with van der Waals surface area (Å²) in [6.45, 7) is 2.64. The summed E-state index contributed by atoms with van der Waals surface area (Å²) in [6, 6.07) is 15.9. The van der Waals surface area contributed by atoms with Crippen molar-refractivity contribution in [2.45, 2.75) is 13.5 Å². The number of rotatable bonds is 5. The van der Waals surface area contributed by atoms with Crippen LogP contribution < -0.4 is 10.1 Å². The number of anilines is 1. The molecule has 0 unspecified atom stereocenters. The highest BCUT2D eigenvalue weighted by molar-refractivity contribution is 5.98. The minimum atomic E-state index is 0.464. The number of fused-ring (bicyclic) bond motifs is 1. The molecule has 0 atom stereocenters. The Balaban J connectivity index is 1.71. The van der Waals surface area contributed by atoms with Crippen molar-refractivity contribution in [1.82, 2.24) is 15.1 Å². The van der Waals surface area contributed by atoms with Gasteiger partial charge in [0.05, 0.1) is 7.11 Å². The highest BCUT2D eigenvalue weighted by Crippen LogP contribution is 2.33. The zero-order chi connectivity index (χ0) is 17.9. The number of methoxy groups -OCH3 is 1. The van der Waals surface area contributed by atoms with Crippen LogP contribution in [0.15, 0.2) is 59.4 Å². The number of hydrogen-bond donors (Lipinski definition) is 1. The fourth-order valence-electron chi connectivity index (χ4n) is 2.91. The molecule has 0 saturated heterocycles. The van der Waals surface area contributed by atoms with Gasteiger partial charge in [-0.1, -0.05) is 41.6 Å². The SMILES string of the molecule is COc1cccc(CNc2ncnc3onc(-c4ccccc4C)c23)c1. The van der Waals surface area contributed by atoms with Crippen LogP contribution >= 0.6 is 0 Å². The second-order valence-corrected chi connectivity index (χ2v) is 5.95. The second kappa shape index (κ2) is 6.84. The number of aromatic nitrogens is 3. The van der Waals surface area contributed by atoms with Crippen LogP contribution in [0.1, 0.15) is 11.1 Å². The monoisotopic (exact) mass is 346 g/mol. The van der Waals surface area contributed by atoms with E-state index in [1.54, 1.807) is 7.11 Å². The van der Waals surface area contributed by atoms with Crippen LogP contribution in [-0.4, -0.2) is 22.2 Å². The number of nitrogens with zero attached hydrogens (tertiary/aromatic N) is 3. The Bertz CT molecular complexity index is 1060. The summed E-state index contributed by atoms with van der Waals surface area (Å²) in [7, 11) is 1.66. The summed E-state index contributed by atoms with van der Waals surface area (Å²) >= 11 is 0. The Hall–Kier alpha value is -3.41. The molecule has 26 heavy (non-hydrogen) atoms. The summed E-state index contributed by atoms with van der Waals surface area (Å²) in [4.78, 5) is 8.60. The predicted octanol–water partition coefficient (Wildman–Crippen LogP) is 4.21. The maximum atomic E-state index is 5.43. The molecular formula is C20H18N4O2. The molecular weight excluding hydrogens is 328 g/mol. The third-order valence-electron chi connectivity index (χ3n) is 4.27. The van der Waals surface area contributed by atoms with Gasteiger partial charge >= 0.3 is 0 Å². The van der Waals surface area contributed by atoms with Crippen LogP contribution in [-0.2, 0) is 6.54 Å². The van der Waals surface area contributed by atoms with Crippen molar-refractivity contribution in [3.63, 3.8) is 0 Å². The second-order valence-electron chi connectivity index (χ2n) is 5.95. The topological polar surface area (TPSA) is 73.1 Å². The van der Waals surface area contributed by atoms with Gasteiger partial charge in [0.1, 0.15) is 29.0 Å². The third kappa shape index (κ3) is 2.97. The molecule has 1 N–H and O–H groups in total. The molecule has 2 heterocycles. The smallest absolute Gasteiger partial charge is 0.263 e. The molecule has 130 valence electrons. The van der Waals surface area contributed by atoms with Gasteiger partial charge in [-0.25, -0.2) is 4.98 Å². The quantitative estimate of drug-likeness (QED) is 0.583. The fourth-order valence-corrected chi connectivity index (χ4v) is 2.91. The van der Waals surface area contributed by atoms with Crippen molar-refractivity contribution in [2.75, 3.05) is 12.4 Å². The lowest BCUT2D eigenvalue weighted by Gasteiger charge is -2.09. The molecule has 0 bridgehead atoms. The largest absolute Gasteiger partial charge is 0.497 e. The van der Waals surface area contributed by atoms with Gasteiger partial charge in [0, 0.05) is 12.1 Å². The van der Waals surface area contributed by atoms with E-state index in [0.717, 1.165) is 33.5 Å². The van der Waals surface area contributed by atoms with Gasteiger partial charge in [-0.2, -0.15) is 4.98 Å². The number of ether oxygens (including phenoxy) is 1. The number of aryl methyl sites for hydroxylation is 1. The molecule has 0 aliphatic carbocycles. The first-order valence-corrected chi connectivity index (χ1v) is 8.29. The number of benzene rings is 2. The Labute approximate surface area is 150 Å². The molecule has 0 fully saturated rings. The van der Waals surface area contributed by atoms with E-state index in [0.29, 0.717) is 18.1 Å². The van der Waals surface area contributed by atoms with E-state index in [-0.39, 0.29) is 0 Å². The van der Waals surface area contributed by atoms with Crippen LogP contribution in [0, 0.1) is 6.92 Å². The summed E-state index contributed by atoms with van der Waals surface area (Å²) < 4.78 is 10.7. The highest BCUT2D eigenvalue weighted by Gasteiger charge is 2.17. The minimum Gasteiger partial charge on any atom is -0.497 e. The minimum absolute atomic E-state index is 0.464. The van der Waals surface area contributed by atoms with Crippen LogP contribution in [0.4, 0.5) is 5.82 Å². The molecule has 0 spiro atoms. The van der Waals surface area contributed by atoms with Crippen molar-refractivity contribution in [3.05, 3.63) is 66.0 Å². The number of hydrogen-bond acceptors (Lipinski definition) is 6. The average molecular weight is 346 g/mol. The van der Waals surface area contributed by atoms with Crippen LogP contribution in [0.25, 0.3) is 22.4 Å². The van der Waals surface area contributed by atoms with Crippen LogP contribution in [0.2, 0.25) is 0 Å². The Kier molecular flexibility index (Phi) is 4.23. The Morgan fingerprint density at radius 3 is 2.81 bits per heavy atom. The molecule has 2 aromatic heterocycles. The lowest BCUT2D eigenvalue weighted by molar-refractivity contribution is 0.414. The predicted molar refractivity (Wildman–Crippen MR) is 100 cm³/mol. The van der Waals surface area contributed by atoms with Crippen molar-refractivity contribution in [2.24, 2.45) is 0 Å². The molecule has 0 radical (unpaired) electrons. The molecule has 6 nitrogen and oxygen atoms in total. The number of nitrogens with one attached hydrogen (secondary N) is 1. The van der Waals surface area contributed by atoms with E-state index in [2.05, 4.69) is 20.4 Å². The lowest BCUT2D eigenvalue weighted by Crippen LogP contribution is -2.02. The fraction of sp³-hybridized carbons (Fsp3) is 0.150. The van der Waals surface area contributed by atoms with Crippen LogP contribution in [0.5, 0.6) is 5.75 Å². The van der Waals surface area contributed by atoms with E-state index in [9.17, 15) is 0 Å². The normalized spacial score (nSPS) is 10.8. The van der Waals surface area contributed by atoms with Crippen molar-refractivity contribution < 1.29 is 9.26 Å². The first kappa shape index (κ1) is 16.1. The van der Waals surface area contributed by atoms with Crippen LogP contribution in [0.3, 0.4) is 0 Å². The van der Waals surface area contributed by atoms with Gasteiger partial charge in [-0.15, -0.1) is 0 Å². The van der Waals surface area contributed by atoms with Gasteiger partial charge in [0.15, 0.2) is 0 Å². The van der Waals surface area contributed by atoms with Crippen molar-refractivity contribution in [3.8, 4) is 17.0 Å². The summed E-state index contributed by atoms with van der Waals surface area (Å²) in [5.74, 6) is 1.51. The molecule has 0 aliphatic heterocycles. The summed E-state index contributed by atoms with van der Waals surface area (Å²) in [5, 5.41) is 8.38. The zero-order valence-corrected chi connectivity index (χ0v) is 14.6. The third-order valence-corrected chi connectivity index (χ3v) is 4.27. The van der Waals surface area contributed by atoms with E-state index in [1.165, 1.54) is 6.33 Å². The van der Waals surface area contributed by atoms with Gasteiger partial charge in [0.25, 0.3) is 5.71 Å². The molecule has 4 aromatic rings. The van der Waals surface area contributed by atoms with Gasteiger partial charge in [0.2, 0.25) is 0 Å². The van der Waals surface area contributed by atoms with Gasteiger partial charge in [-0.3, -0.25) is 0 Å². The van der Waals surface area contributed by atoms with E-state index >= 15 is 0 Å². The van der Waals surface area contributed by atoms with E-state index in [1.807, 2.05) is 55.5 Å². The Morgan fingerprint density at radius 2 is 1.96 bits per heavy atom. The molecule has 0 amide bonds. The van der Waals surface area contributed by atoms with Crippen molar-refractivity contribution >= 4 is 16.9 Å². The molecule has 4 rings (SSSR count). The van der Waals surface area contributed by atoms with Crippen molar-refractivity contribution in [1.29, 1.82) is 0 Å². The molecule has 2 aromatic carbocycles. The first-order valence-electron chi connectivity index (χ1n) is 8.29. The lowest BCUT2D eigenvalue weighted by atomic mass is 10.0. The molecule has 6 heteroatoms. The van der Waals surface area contributed by atoms with E-state index in [4.69, 9.17) is 9.26 Å². The first-order chi connectivity index (χ1) is 12.8. The van der Waals surface area contributed by atoms with Gasteiger partial charge in [-0.05, 0) is 30.2 Å². The summed E-state index contributed by atoms with van der Waals surface area (Å²) in [5.41, 5.74) is 4.42. The highest BCUT2D eigenvalue weighted by atomic mass is 16.5. The molecule has 0 aliphatic rings. The zero-order valence-electron chi connectivity index (χ0n) is 14.6. The maximum Gasteiger partial charge on any atom is 0.263 e.